The normalized spacial score (nSPS) is 10.1. The molecule has 0 aliphatic heterocycles. The molecule has 0 aliphatic rings. The number of carbonyl (C=O) groups is 2. The zero-order valence-corrected chi connectivity index (χ0v) is 21.5. The fourth-order valence-corrected chi connectivity index (χ4v) is 3.84. The summed E-state index contributed by atoms with van der Waals surface area (Å²) in [5.41, 5.74) is 5.18. The minimum Gasteiger partial charge on any atom is -0.378 e. The average molecular weight is 479 g/mol. The lowest BCUT2D eigenvalue weighted by Gasteiger charge is -2.21. The Balaban J connectivity index is 0.000000202. The number of ketones is 2. The minimum atomic E-state index is 0.0657. The first-order valence-electron chi connectivity index (χ1n) is 12.3. The predicted molar refractivity (Wildman–Crippen MR) is 151 cm³/mol. The molecule has 0 N–H and O–H groups in total. The monoisotopic (exact) mass is 478 g/mol. The number of rotatable bonds is 8. The molecule has 4 aromatic rings. The van der Waals surface area contributed by atoms with Gasteiger partial charge in [0.25, 0.3) is 0 Å². The van der Waals surface area contributed by atoms with Crippen LogP contribution in [0.15, 0.2) is 109 Å². The van der Waals surface area contributed by atoms with Crippen LogP contribution in [0.5, 0.6) is 0 Å². The lowest BCUT2D eigenvalue weighted by atomic mass is 10.0. The number of anilines is 2. The maximum absolute atomic E-state index is 12.3. The number of hydrogen-bond donors (Lipinski definition) is 0. The van der Waals surface area contributed by atoms with Gasteiger partial charge >= 0.3 is 0 Å². The predicted octanol–water partition coefficient (Wildman–Crippen LogP) is 6.75. The first kappa shape index (κ1) is 26.4. The van der Waals surface area contributed by atoms with Crippen LogP contribution in [-0.2, 0) is 0 Å². The molecule has 0 spiro atoms. The highest BCUT2D eigenvalue weighted by Crippen LogP contribution is 2.17. The fourth-order valence-electron chi connectivity index (χ4n) is 3.84. The first-order valence-corrected chi connectivity index (χ1v) is 12.3. The van der Waals surface area contributed by atoms with Gasteiger partial charge in [0.15, 0.2) is 11.6 Å². The van der Waals surface area contributed by atoms with Crippen molar-refractivity contribution in [2.45, 2.75) is 13.8 Å². The average Bonchev–Trinajstić information content (AvgIpc) is 2.94. The van der Waals surface area contributed by atoms with Crippen LogP contribution in [0, 0.1) is 0 Å². The van der Waals surface area contributed by atoms with Gasteiger partial charge in [-0.15, -0.1) is 0 Å². The Bertz CT molecular complexity index is 1230. The van der Waals surface area contributed by atoms with E-state index in [-0.39, 0.29) is 11.6 Å². The van der Waals surface area contributed by atoms with Crippen LogP contribution in [0.2, 0.25) is 0 Å². The van der Waals surface area contributed by atoms with E-state index < -0.39 is 0 Å². The third-order valence-electron chi connectivity index (χ3n) is 5.98. The van der Waals surface area contributed by atoms with Crippen molar-refractivity contribution in [2.75, 3.05) is 37.0 Å². The van der Waals surface area contributed by atoms with Crippen molar-refractivity contribution in [1.29, 1.82) is 0 Å². The molecule has 0 saturated heterocycles. The van der Waals surface area contributed by atoms with Crippen LogP contribution in [0.3, 0.4) is 0 Å². The summed E-state index contributed by atoms with van der Waals surface area (Å²) in [7, 11) is 3.96. The summed E-state index contributed by atoms with van der Waals surface area (Å²) in [5.74, 6) is 0.141. The Morgan fingerprint density at radius 1 is 0.500 bits per heavy atom. The molecule has 0 amide bonds. The third-order valence-corrected chi connectivity index (χ3v) is 5.98. The molecule has 0 atom stereocenters. The van der Waals surface area contributed by atoms with E-state index >= 15 is 0 Å². The summed E-state index contributed by atoms with van der Waals surface area (Å²) >= 11 is 0. The van der Waals surface area contributed by atoms with Crippen LogP contribution in [0.4, 0.5) is 11.4 Å². The maximum atomic E-state index is 12.3. The summed E-state index contributed by atoms with van der Waals surface area (Å²) in [6, 6.07) is 34.2. The summed E-state index contributed by atoms with van der Waals surface area (Å²) < 4.78 is 0. The molecule has 0 saturated carbocycles. The molecule has 0 radical (unpaired) electrons. The van der Waals surface area contributed by atoms with E-state index in [1.807, 2.05) is 128 Å². The molecular formula is C32H34N2O2. The van der Waals surface area contributed by atoms with Crippen molar-refractivity contribution in [2.24, 2.45) is 0 Å². The third kappa shape index (κ3) is 6.92. The number of nitrogens with zero attached hydrogens (tertiary/aromatic N) is 2. The summed E-state index contributed by atoms with van der Waals surface area (Å²) in [6.45, 7) is 6.21. The van der Waals surface area contributed by atoms with Gasteiger partial charge in [-0.25, -0.2) is 0 Å². The van der Waals surface area contributed by atoms with Gasteiger partial charge in [0.1, 0.15) is 0 Å². The second-order valence-corrected chi connectivity index (χ2v) is 8.55. The van der Waals surface area contributed by atoms with Gasteiger partial charge in [-0.1, -0.05) is 60.7 Å². The fraction of sp³-hybridized carbons (Fsp3) is 0.188. The number of benzene rings is 4. The van der Waals surface area contributed by atoms with Crippen LogP contribution in [0.25, 0.3) is 0 Å². The highest BCUT2D eigenvalue weighted by Gasteiger charge is 2.10. The van der Waals surface area contributed by atoms with Gasteiger partial charge in [-0.05, 0) is 62.4 Å². The quantitative estimate of drug-likeness (QED) is 0.263. The topological polar surface area (TPSA) is 40.6 Å². The molecule has 0 fully saturated rings. The Morgan fingerprint density at radius 2 is 0.833 bits per heavy atom. The van der Waals surface area contributed by atoms with Crippen molar-refractivity contribution >= 4 is 22.9 Å². The molecule has 4 rings (SSSR count). The molecule has 4 aromatic carbocycles. The van der Waals surface area contributed by atoms with E-state index in [2.05, 4.69) is 18.7 Å². The Hall–Kier alpha value is -4.18. The van der Waals surface area contributed by atoms with Gasteiger partial charge in [0.2, 0.25) is 0 Å². The molecule has 0 aliphatic carbocycles. The van der Waals surface area contributed by atoms with Crippen molar-refractivity contribution in [3.8, 4) is 0 Å². The van der Waals surface area contributed by atoms with Crippen LogP contribution in [-0.4, -0.2) is 38.8 Å². The van der Waals surface area contributed by atoms with E-state index in [1.54, 1.807) is 0 Å². The molecule has 0 heterocycles. The Labute approximate surface area is 214 Å². The van der Waals surface area contributed by atoms with Crippen molar-refractivity contribution in [3.63, 3.8) is 0 Å². The van der Waals surface area contributed by atoms with E-state index in [0.717, 1.165) is 46.7 Å². The van der Waals surface area contributed by atoms with Gasteiger partial charge in [0, 0.05) is 60.8 Å². The minimum absolute atomic E-state index is 0.0657. The standard InChI is InChI=1S/C17H19NO.C15H15NO/c1-3-18(4-2)16-12-10-15(11-13-16)17(19)14-8-6-5-7-9-14;1-16(2)14-10-8-13(9-11-14)15(17)12-6-4-3-5-7-12/h5-13H,3-4H2,1-2H3;3-11H,1-2H3. The van der Waals surface area contributed by atoms with E-state index in [4.69, 9.17) is 0 Å². The van der Waals surface area contributed by atoms with Gasteiger partial charge < -0.3 is 9.80 Å². The molecule has 0 bridgehead atoms. The first-order chi connectivity index (χ1) is 17.4. The zero-order chi connectivity index (χ0) is 25.9. The van der Waals surface area contributed by atoms with Crippen molar-refractivity contribution in [1.82, 2.24) is 0 Å². The maximum Gasteiger partial charge on any atom is 0.193 e. The van der Waals surface area contributed by atoms with Gasteiger partial charge in [0.05, 0.1) is 0 Å². The second kappa shape index (κ2) is 13.1. The molecule has 0 unspecified atom stereocenters. The van der Waals surface area contributed by atoms with E-state index in [1.165, 1.54) is 0 Å². The molecule has 184 valence electrons. The highest BCUT2D eigenvalue weighted by atomic mass is 16.1. The molecule has 4 nitrogen and oxygen atoms in total. The Kier molecular flexibility index (Phi) is 9.58. The lowest BCUT2D eigenvalue weighted by Crippen LogP contribution is -2.21. The molecular weight excluding hydrogens is 444 g/mol. The summed E-state index contributed by atoms with van der Waals surface area (Å²) in [6.07, 6.45) is 0. The van der Waals surface area contributed by atoms with Crippen molar-refractivity contribution < 1.29 is 9.59 Å². The van der Waals surface area contributed by atoms with Crippen LogP contribution >= 0.6 is 0 Å². The summed E-state index contributed by atoms with van der Waals surface area (Å²) in [4.78, 5) is 28.6. The second-order valence-electron chi connectivity index (χ2n) is 8.55. The molecule has 0 aromatic heterocycles. The van der Waals surface area contributed by atoms with E-state index in [0.29, 0.717) is 0 Å². The largest absolute Gasteiger partial charge is 0.378 e. The highest BCUT2D eigenvalue weighted by molar-refractivity contribution is 6.09. The lowest BCUT2D eigenvalue weighted by molar-refractivity contribution is 0.103. The van der Waals surface area contributed by atoms with Gasteiger partial charge in [-0.3, -0.25) is 9.59 Å². The van der Waals surface area contributed by atoms with Crippen LogP contribution < -0.4 is 9.80 Å². The van der Waals surface area contributed by atoms with Gasteiger partial charge in [-0.2, -0.15) is 0 Å². The number of carbonyl (C=O) groups excluding carboxylic acids is 2. The molecule has 4 heteroatoms. The van der Waals surface area contributed by atoms with Crippen LogP contribution in [0.1, 0.15) is 45.7 Å². The number of hydrogen-bond acceptors (Lipinski definition) is 4. The summed E-state index contributed by atoms with van der Waals surface area (Å²) in [5, 5.41) is 0. The molecule has 36 heavy (non-hydrogen) atoms. The SMILES string of the molecule is CCN(CC)c1ccc(C(=O)c2ccccc2)cc1.CN(C)c1ccc(C(=O)c2ccccc2)cc1. The van der Waals surface area contributed by atoms with E-state index in [9.17, 15) is 9.59 Å². The van der Waals surface area contributed by atoms with Crippen molar-refractivity contribution in [3.05, 3.63) is 131 Å². The zero-order valence-electron chi connectivity index (χ0n) is 21.5. The smallest absolute Gasteiger partial charge is 0.193 e. The Morgan fingerprint density at radius 3 is 1.17 bits per heavy atom.